The molecule has 27 heavy (non-hydrogen) atoms. The van der Waals surface area contributed by atoms with E-state index >= 15 is 0 Å². The number of aromatic nitrogens is 3. The fraction of sp³-hybridized carbons (Fsp3) is 0.211. The molecular weight excluding hydrogens is 346 g/mol. The van der Waals surface area contributed by atoms with Crippen LogP contribution in [0, 0.1) is 0 Å². The molecule has 0 unspecified atom stereocenters. The van der Waals surface area contributed by atoms with Gasteiger partial charge < -0.3 is 9.47 Å². The Morgan fingerprint density at radius 2 is 1.74 bits per heavy atom. The number of hydrogen-bond donors (Lipinski definition) is 1. The number of hydrazine groups is 1. The molecule has 0 aliphatic heterocycles. The van der Waals surface area contributed by atoms with Crippen molar-refractivity contribution < 1.29 is 9.47 Å². The average Bonchev–Trinajstić information content (AvgIpc) is 2.70. The van der Waals surface area contributed by atoms with Crippen LogP contribution < -0.4 is 26.0 Å². The topological polar surface area (TPSA) is 95.5 Å². The molecule has 0 fully saturated rings. The standard InChI is InChI=1S/C19H21N5O3/c1-3-26-16-11-10-15(12-17(16)27-4-2)23-13-21-18(22-19(23)25)24(20)14-8-6-5-7-9-14/h5-13H,3-4,20H2,1-2H3. The van der Waals surface area contributed by atoms with Crippen molar-refractivity contribution in [3.8, 4) is 17.2 Å². The molecule has 1 heterocycles. The van der Waals surface area contributed by atoms with Gasteiger partial charge in [0.15, 0.2) is 11.5 Å². The molecule has 0 atom stereocenters. The maximum Gasteiger partial charge on any atom is 0.356 e. The Kier molecular flexibility index (Phi) is 5.68. The van der Waals surface area contributed by atoms with Crippen LogP contribution >= 0.6 is 0 Å². The SMILES string of the molecule is CCOc1ccc(-n2cnc(N(N)c3ccccc3)nc2=O)cc1OCC. The summed E-state index contributed by atoms with van der Waals surface area (Å²) in [6.45, 7) is 4.77. The summed E-state index contributed by atoms with van der Waals surface area (Å²) >= 11 is 0. The molecule has 0 spiro atoms. The first-order valence-electron chi connectivity index (χ1n) is 8.59. The van der Waals surface area contributed by atoms with E-state index in [9.17, 15) is 4.79 Å². The van der Waals surface area contributed by atoms with Gasteiger partial charge in [0.2, 0.25) is 0 Å². The maximum absolute atomic E-state index is 12.5. The van der Waals surface area contributed by atoms with Crippen molar-refractivity contribution in [1.29, 1.82) is 0 Å². The Bertz CT molecular complexity index is 959. The Labute approximate surface area is 156 Å². The summed E-state index contributed by atoms with van der Waals surface area (Å²) in [6.07, 6.45) is 1.39. The van der Waals surface area contributed by atoms with E-state index in [1.807, 2.05) is 32.0 Å². The highest BCUT2D eigenvalue weighted by Gasteiger charge is 2.12. The van der Waals surface area contributed by atoms with Crippen molar-refractivity contribution >= 4 is 11.6 Å². The molecule has 0 saturated carbocycles. The number of para-hydroxylation sites is 1. The van der Waals surface area contributed by atoms with E-state index in [0.717, 1.165) is 0 Å². The Morgan fingerprint density at radius 1 is 1.04 bits per heavy atom. The maximum atomic E-state index is 12.5. The summed E-state index contributed by atoms with van der Waals surface area (Å²) in [5.74, 6) is 7.29. The van der Waals surface area contributed by atoms with Gasteiger partial charge in [-0.15, -0.1) is 0 Å². The zero-order chi connectivity index (χ0) is 19.2. The summed E-state index contributed by atoms with van der Waals surface area (Å²) in [7, 11) is 0. The van der Waals surface area contributed by atoms with Gasteiger partial charge in [-0.1, -0.05) is 18.2 Å². The van der Waals surface area contributed by atoms with Gasteiger partial charge in [-0.05, 0) is 38.1 Å². The molecular formula is C19H21N5O3. The van der Waals surface area contributed by atoms with Crippen molar-refractivity contribution in [2.75, 3.05) is 18.2 Å². The minimum absolute atomic E-state index is 0.110. The molecule has 8 heteroatoms. The smallest absolute Gasteiger partial charge is 0.356 e. The van der Waals surface area contributed by atoms with Gasteiger partial charge in [0, 0.05) is 6.07 Å². The Balaban J connectivity index is 1.94. The third-order valence-electron chi connectivity index (χ3n) is 3.75. The highest BCUT2D eigenvalue weighted by Crippen LogP contribution is 2.29. The lowest BCUT2D eigenvalue weighted by atomic mass is 10.2. The second-order valence-electron chi connectivity index (χ2n) is 5.51. The van der Waals surface area contributed by atoms with Crippen LogP contribution in [0.4, 0.5) is 11.6 Å². The number of anilines is 2. The van der Waals surface area contributed by atoms with E-state index < -0.39 is 5.69 Å². The zero-order valence-corrected chi connectivity index (χ0v) is 15.2. The number of nitrogens with zero attached hydrogens (tertiary/aromatic N) is 4. The van der Waals surface area contributed by atoms with E-state index in [-0.39, 0.29) is 5.95 Å². The summed E-state index contributed by atoms with van der Waals surface area (Å²) in [5.41, 5.74) is 0.745. The second-order valence-corrected chi connectivity index (χ2v) is 5.51. The van der Waals surface area contributed by atoms with Crippen molar-refractivity contribution in [2.45, 2.75) is 13.8 Å². The molecule has 0 amide bonds. The molecule has 140 valence electrons. The largest absolute Gasteiger partial charge is 0.490 e. The molecule has 0 saturated heterocycles. The number of hydrogen-bond acceptors (Lipinski definition) is 7. The van der Waals surface area contributed by atoms with E-state index in [1.165, 1.54) is 15.9 Å². The van der Waals surface area contributed by atoms with Gasteiger partial charge in [-0.25, -0.2) is 20.6 Å². The van der Waals surface area contributed by atoms with Crippen molar-refractivity contribution in [3.63, 3.8) is 0 Å². The van der Waals surface area contributed by atoms with Crippen LogP contribution in [-0.2, 0) is 0 Å². The van der Waals surface area contributed by atoms with Crippen LogP contribution in [0.1, 0.15) is 13.8 Å². The van der Waals surface area contributed by atoms with Crippen molar-refractivity contribution in [3.05, 3.63) is 65.3 Å². The minimum Gasteiger partial charge on any atom is -0.490 e. The van der Waals surface area contributed by atoms with Gasteiger partial charge in [0.05, 0.1) is 24.6 Å². The lowest BCUT2D eigenvalue weighted by Gasteiger charge is -2.17. The summed E-state index contributed by atoms with van der Waals surface area (Å²) < 4.78 is 12.5. The predicted octanol–water partition coefficient (Wildman–Crippen LogP) is 2.44. The predicted molar refractivity (Wildman–Crippen MR) is 103 cm³/mol. The van der Waals surface area contributed by atoms with Crippen molar-refractivity contribution in [1.82, 2.24) is 14.5 Å². The first kappa shape index (κ1) is 18.4. The highest BCUT2D eigenvalue weighted by atomic mass is 16.5. The van der Waals surface area contributed by atoms with E-state index in [4.69, 9.17) is 15.3 Å². The van der Waals surface area contributed by atoms with Crippen LogP contribution in [0.3, 0.4) is 0 Å². The third-order valence-corrected chi connectivity index (χ3v) is 3.75. The molecule has 0 aliphatic carbocycles. The van der Waals surface area contributed by atoms with Crippen LogP contribution in [0.25, 0.3) is 5.69 Å². The highest BCUT2D eigenvalue weighted by molar-refractivity contribution is 5.54. The van der Waals surface area contributed by atoms with Crippen LogP contribution in [0.5, 0.6) is 11.5 Å². The summed E-state index contributed by atoms with van der Waals surface area (Å²) in [6, 6.07) is 14.4. The zero-order valence-electron chi connectivity index (χ0n) is 15.2. The molecule has 0 bridgehead atoms. The number of benzene rings is 2. The fourth-order valence-electron chi connectivity index (χ4n) is 2.51. The first-order chi connectivity index (χ1) is 13.1. The van der Waals surface area contributed by atoms with Crippen molar-refractivity contribution in [2.24, 2.45) is 5.84 Å². The fourth-order valence-corrected chi connectivity index (χ4v) is 2.51. The van der Waals surface area contributed by atoms with E-state index in [0.29, 0.717) is 36.1 Å². The first-order valence-corrected chi connectivity index (χ1v) is 8.59. The minimum atomic E-state index is -0.502. The molecule has 8 nitrogen and oxygen atoms in total. The van der Waals surface area contributed by atoms with E-state index in [2.05, 4.69) is 9.97 Å². The van der Waals surface area contributed by atoms with Gasteiger partial charge in [-0.2, -0.15) is 4.98 Å². The molecule has 2 aromatic carbocycles. The average molecular weight is 367 g/mol. The summed E-state index contributed by atoms with van der Waals surface area (Å²) in [4.78, 5) is 20.7. The van der Waals surface area contributed by atoms with Crippen LogP contribution in [0.15, 0.2) is 59.7 Å². The third kappa shape index (κ3) is 4.06. The van der Waals surface area contributed by atoms with Crippen LogP contribution in [-0.4, -0.2) is 27.7 Å². The van der Waals surface area contributed by atoms with Crippen LogP contribution in [0.2, 0.25) is 0 Å². The number of nitrogens with two attached hydrogens (primary N) is 1. The molecule has 0 radical (unpaired) electrons. The monoisotopic (exact) mass is 367 g/mol. The quantitative estimate of drug-likeness (QED) is 0.506. The normalized spacial score (nSPS) is 10.5. The molecule has 2 N–H and O–H groups in total. The van der Waals surface area contributed by atoms with Gasteiger partial charge in [0.1, 0.15) is 6.33 Å². The van der Waals surface area contributed by atoms with Gasteiger partial charge in [-0.3, -0.25) is 4.57 Å². The number of rotatable bonds is 7. The Hall–Kier alpha value is -3.39. The lowest BCUT2D eigenvalue weighted by molar-refractivity contribution is 0.287. The molecule has 3 aromatic rings. The van der Waals surface area contributed by atoms with Gasteiger partial charge in [0.25, 0.3) is 5.95 Å². The second kappa shape index (κ2) is 8.33. The van der Waals surface area contributed by atoms with Gasteiger partial charge >= 0.3 is 5.69 Å². The Morgan fingerprint density at radius 3 is 2.41 bits per heavy atom. The lowest BCUT2D eigenvalue weighted by Crippen LogP contribution is -2.31. The molecule has 1 aromatic heterocycles. The molecule has 3 rings (SSSR count). The summed E-state index contributed by atoms with van der Waals surface area (Å²) in [5, 5.41) is 1.26. The van der Waals surface area contributed by atoms with E-state index in [1.54, 1.807) is 30.3 Å². The number of ether oxygens (including phenoxy) is 2. The molecule has 0 aliphatic rings.